The Morgan fingerprint density at radius 3 is 2.58 bits per heavy atom. The molecule has 2 unspecified atom stereocenters. The molecule has 2 aliphatic rings. The van der Waals surface area contributed by atoms with Gasteiger partial charge >= 0.3 is 0 Å². The monoisotopic (exact) mass is 248 g/mol. The van der Waals surface area contributed by atoms with Crippen molar-refractivity contribution in [3.05, 3.63) is 93.7 Å². The number of fused-ring (bicyclic) bond motifs is 5. The minimum atomic E-state index is -0.521. The number of benzene rings is 1. The Balaban J connectivity index is 2.02. The van der Waals surface area contributed by atoms with E-state index < -0.39 is 5.60 Å². The van der Waals surface area contributed by atoms with Gasteiger partial charge in [0.05, 0.1) is 0 Å². The molecule has 2 nitrogen and oxygen atoms in total. The second-order valence-corrected chi connectivity index (χ2v) is 4.94. The Morgan fingerprint density at radius 1 is 0.947 bits per heavy atom. The van der Waals surface area contributed by atoms with Crippen molar-refractivity contribution in [3.8, 4) is 0 Å². The lowest BCUT2D eigenvalue weighted by Gasteiger charge is -2.24. The zero-order valence-corrected chi connectivity index (χ0v) is 10.2. The molecule has 0 N–H and O–H groups in total. The normalized spacial score (nSPS) is 26.4. The second-order valence-electron chi connectivity index (χ2n) is 4.94. The maximum absolute atomic E-state index is 11.5. The number of rotatable bonds is 1. The van der Waals surface area contributed by atoms with E-state index in [1.165, 1.54) is 0 Å². The average molecular weight is 248 g/mol. The Bertz CT molecular complexity index is 734. The van der Waals surface area contributed by atoms with Crippen LogP contribution in [0, 0.1) is 0 Å². The fourth-order valence-electron chi connectivity index (χ4n) is 2.99. The summed E-state index contributed by atoms with van der Waals surface area (Å²) in [6, 6.07) is 17.1. The van der Waals surface area contributed by atoms with Crippen molar-refractivity contribution in [2.75, 3.05) is 0 Å². The van der Waals surface area contributed by atoms with Gasteiger partial charge in [0.25, 0.3) is 0 Å². The smallest absolute Gasteiger partial charge is 0.178 e. The third kappa shape index (κ3) is 1.38. The van der Waals surface area contributed by atoms with Crippen LogP contribution in [0.3, 0.4) is 0 Å². The number of ether oxygens (including phenoxy) is 1. The molecule has 0 aromatic heterocycles. The van der Waals surface area contributed by atoms with Gasteiger partial charge < -0.3 is 4.74 Å². The van der Waals surface area contributed by atoms with E-state index >= 15 is 0 Å². The molecule has 0 radical (unpaired) electrons. The molecule has 2 heterocycles. The van der Waals surface area contributed by atoms with Crippen LogP contribution in [0.25, 0.3) is 0 Å². The molecule has 2 atom stereocenters. The fourth-order valence-corrected chi connectivity index (χ4v) is 2.99. The molecule has 2 aromatic rings. The van der Waals surface area contributed by atoms with Crippen LogP contribution >= 0.6 is 0 Å². The predicted octanol–water partition coefficient (Wildman–Crippen LogP) is 2.93. The molecule has 0 fully saturated rings. The summed E-state index contributed by atoms with van der Waals surface area (Å²) >= 11 is 0. The number of hydrogen-bond donors (Lipinski definition) is 0. The van der Waals surface area contributed by atoms with Gasteiger partial charge in [0.15, 0.2) is 5.43 Å². The van der Waals surface area contributed by atoms with Crippen LogP contribution in [0.2, 0.25) is 0 Å². The molecule has 2 bridgehead atoms. The Kier molecular flexibility index (Phi) is 2.06. The van der Waals surface area contributed by atoms with Crippen molar-refractivity contribution in [2.45, 2.75) is 11.7 Å². The zero-order chi connectivity index (χ0) is 12.9. The van der Waals surface area contributed by atoms with Crippen LogP contribution in [0.5, 0.6) is 0 Å². The highest BCUT2D eigenvalue weighted by molar-refractivity contribution is 5.53. The van der Waals surface area contributed by atoms with E-state index in [1.54, 1.807) is 12.1 Å². The fraction of sp³-hybridized carbons (Fsp3) is 0.118. The molecular weight excluding hydrogens is 236 g/mol. The highest BCUT2D eigenvalue weighted by Crippen LogP contribution is 2.52. The molecule has 92 valence electrons. The minimum Gasteiger partial charge on any atom is -0.349 e. The van der Waals surface area contributed by atoms with Crippen molar-refractivity contribution in [1.29, 1.82) is 0 Å². The summed E-state index contributed by atoms with van der Waals surface area (Å²) in [5.74, 6) is 0. The molecule has 0 spiro atoms. The van der Waals surface area contributed by atoms with Crippen LogP contribution in [-0.2, 0) is 10.3 Å². The van der Waals surface area contributed by atoms with Gasteiger partial charge in [-0.05, 0) is 34.9 Å². The number of hydrogen-bond acceptors (Lipinski definition) is 2. The topological polar surface area (TPSA) is 26.3 Å². The van der Waals surface area contributed by atoms with E-state index in [1.807, 2.05) is 30.3 Å². The summed E-state index contributed by atoms with van der Waals surface area (Å²) in [5, 5.41) is 0. The standard InChI is InChI=1S/C17H12O2/c18-13-6-8-14-15(9-7-13)17(11-10-16(14)19-17)12-4-2-1-3-5-12/h1-11,16H. The average Bonchev–Trinajstić information content (AvgIpc) is 2.95. The summed E-state index contributed by atoms with van der Waals surface area (Å²) in [5.41, 5.74) is 2.78. The molecule has 0 saturated heterocycles. The molecule has 19 heavy (non-hydrogen) atoms. The highest BCUT2D eigenvalue weighted by atomic mass is 16.5. The first-order chi connectivity index (χ1) is 9.29. The molecule has 2 aliphatic heterocycles. The maximum Gasteiger partial charge on any atom is 0.178 e. The summed E-state index contributed by atoms with van der Waals surface area (Å²) in [4.78, 5) is 11.5. The lowest BCUT2D eigenvalue weighted by Crippen LogP contribution is -2.22. The molecule has 0 aliphatic carbocycles. The quantitative estimate of drug-likeness (QED) is 0.725. The first-order valence-corrected chi connectivity index (χ1v) is 6.37. The largest absolute Gasteiger partial charge is 0.349 e. The first-order valence-electron chi connectivity index (χ1n) is 6.37. The molecular formula is C17H12O2. The summed E-state index contributed by atoms with van der Waals surface area (Å²) in [7, 11) is 0. The van der Waals surface area contributed by atoms with Gasteiger partial charge in [0.1, 0.15) is 11.7 Å². The van der Waals surface area contributed by atoms with E-state index in [2.05, 4.69) is 24.3 Å². The van der Waals surface area contributed by atoms with E-state index in [4.69, 9.17) is 4.74 Å². The van der Waals surface area contributed by atoms with E-state index in [0.717, 1.165) is 16.7 Å². The van der Waals surface area contributed by atoms with Crippen molar-refractivity contribution < 1.29 is 4.74 Å². The lowest BCUT2D eigenvalue weighted by atomic mass is 9.83. The predicted molar refractivity (Wildman–Crippen MR) is 72.9 cm³/mol. The molecule has 0 amide bonds. The van der Waals surface area contributed by atoms with Crippen molar-refractivity contribution in [3.63, 3.8) is 0 Å². The van der Waals surface area contributed by atoms with Gasteiger partial charge in [-0.2, -0.15) is 0 Å². The van der Waals surface area contributed by atoms with Crippen LogP contribution in [-0.4, -0.2) is 0 Å². The summed E-state index contributed by atoms with van der Waals surface area (Å²) in [6.45, 7) is 0. The zero-order valence-electron chi connectivity index (χ0n) is 10.2. The first kappa shape index (κ1) is 10.7. The van der Waals surface area contributed by atoms with Gasteiger partial charge in [-0.25, -0.2) is 0 Å². The second kappa shape index (κ2) is 3.65. The Labute approximate surface area is 111 Å². The molecule has 0 saturated carbocycles. The molecule has 4 rings (SSSR count). The SMILES string of the molecule is O=c1ccc2c(cc1)C1(c3ccccc3)C=CC2O1. The highest BCUT2D eigenvalue weighted by Gasteiger charge is 2.47. The third-order valence-electron chi connectivity index (χ3n) is 3.88. The molecule has 2 aromatic carbocycles. The van der Waals surface area contributed by atoms with Crippen molar-refractivity contribution in [1.82, 2.24) is 0 Å². The van der Waals surface area contributed by atoms with Gasteiger partial charge in [-0.1, -0.05) is 48.5 Å². The van der Waals surface area contributed by atoms with E-state index in [-0.39, 0.29) is 11.5 Å². The third-order valence-corrected chi connectivity index (χ3v) is 3.88. The van der Waals surface area contributed by atoms with Crippen LogP contribution in [0.1, 0.15) is 22.8 Å². The van der Waals surface area contributed by atoms with Crippen molar-refractivity contribution >= 4 is 0 Å². The van der Waals surface area contributed by atoms with Gasteiger partial charge in [0.2, 0.25) is 0 Å². The van der Waals surface area contributed by atoms with Gasteiger partial charge in [0, 0.05) is 0 Å². The van der Waals surface area contributed by atoms with Gasteiger partial charge in [-0.3, -0.25) is 4.79 Å². The van der Waals surface area contributed by atoms with Crippen LogP contribution < -0.4 is 5.43 Å². The lowest BCUT2D eigenvalue weighted by molar-refractivity contribution is 0.0269. The minimum absolute atomic E-state index is 0.0250. The van der Waals surface area contributed by atoms with E-state index in [9.17, 15) is 4.79 Å². The Hall–Kier alpha value is -2.19. The molecule has 2 heteroatoms. The maximum atomic E-state index is 11.5. The Morgan fingerprint density at radius 2 is 1.74 bits per heavy atom. The summed E-state index contributed by atoms with van der Waals surface area (Å²) in [6.07, 6.45) is 4.13. The van der Waals surface area contributed by atoms with Gasteiger partial charge in [-0.15, -0.1) is 0 Å². The van der Waals surface area contributed by atoms with Crippen molar-refractivity contribution in [2.24, 2.45) is 0 Å². The van der Waals surface area contributed by atoms with E-state index in [0.29, 0.717) is 0 Å². The summed E-state index contributed by atoms with van der Waals surface area (Å²) < 4.78 is 6.18. The van der Waals surface area contributed by atoms with Crippen LogP contribution in [0.4, 0.5) is 0 Å². The van der Waals surface area contributed by atoms with Crippen LogP contribution in [0.15, 0.2) is 71.5 Å².